The lowest BCUT2D eigenvalue weighted by Gasteiger charge is -2.12. The van der Waals surface area contributed by atoms with Gasteiger partial charge in [-0.2, -0.15) is 0 Å². The van der Waals surface area contributed by atoms with E-state index in [-0.39, 0.29) is 28.8 Å². The third-order valence-electron chi connectivity index (χ3n) is 4.56. The Hall–Kier alpha value is -2.89. The second-order valence-corrected chi connectivity index (χ2v) is 8.64. The van der Waals surface area contributed by atoms with Gasteiger partial charge in [0, 0.05) is 30.5 Å². The van der Waals surface area contributed by atoms with Gasteiger partial charge in [-0.3, -0.25) is 9.59 Å². The van der Waals surface area contributed by atoms with E-state index in [1.54, 1.807) is 0 Å². The summed E-state index contributed by atoms with van der Waals surface area (Å²) in [4.78, 5) is 24.0. The smallest absolute Gasteiger partial charge is 0.251 e. The Labute approximate surface area is 178 Å². The van der Waals surface area contributed by atoms with Crippen LogP contribution in [0.5, 0.6) is 0 Å². The van der Waals surface area contributed by atoms with Crippen LogP contribution in [-0.2, 0) is 19.6 Å². The van der Waals surface area contributed by atoms with Crippen LogP contribution in [-0.4, -0.2) is 46.0 Å². The molecule has 3 N–H and O–H groups in total. The lowest BCUT2D eigenvalue weighted by atomic mass is 10.2. The molecule has 2 amide bonds. The lowest BCUT2D eigenvalue weighted by molar-refractivity contribution is -0.115. The van der Waals surface area contributed by atoms with Crippen LogP contribution >= 0.6 is 0 Å². The van der Waals surface area contributed by atoms with Crippen LogP contribution in [0.2, 0.25) is 0 Å². The van der Waals surface area contributed by atoms with E-state index < -0.39 is 40.0 Å². The zero-order valence-electron chi connectivity index (χ0n) is 16.4. The summed E-state index contributed by atoms with van der Waals surface area (Å²) in [5, 5.41) is 4.69. The van der Waals surface area contributed by atoms with Crippen molar-refractivity contribution < 1.29 is 31.5 Å². The Morgan fingerprint density at radius 1 is 1.06 bits per heavy atom. The molecule has 1 saturated heterocycles. The zero-order valence-corrected chi connectivity index (χ0v) is 17.2. The molecule has 166 valence electrons. The van der Waals surface area contributed by atoms with E-state index in [0.29, 0.717) is 6.61 Å². The predicted molar refractivity (Wildman–Crippen MR) is 108 cm³/mol. The molecule has 1 fully saturated rings. The number of carbonyl (C=O) groups is 2. The average molecular weight is 453 g/mol. The van der Waals surface area contributed by atoms with Gasteiger partial charge in [-0.25, -0.2) is 21.9 Å². The summed E-state index contributed by atoms with van der Waals surface area (Å²) in [6.45, 7) is 0.382. The van der Waals surface area contributed by atoms with Crippen LogP contribution in [0.1, 0.15) is 23.2 Å². The number of halogens is 2. The Kier molecular flexibility index (Phi) is 7.31. The van der Waals surface area contributed by atoms with Crippen molar-refractivity contribution >= 4 is 27.5 Å². The summed E-state index contributed by atoms with van der Waals surface area (Å²) in [5.41, 5.74) is 0.196. The first-order chi connectivity index (χ1) is 14.7. The normalized spacial score (nSPS) is 16.1. The summed E-state index contributed by atoms with van der Waals surface area (Å²) in [6, 6.07) is 8.09. The Bertz CT molecular complexity index is 1050. The van der Waals surface area contributed by atoms with E-state index in [0.717, 1.165) is 25.0 Å². The largest absolute Gasteiger partial charge is 0.377 e. The number of sulfonamides is 1. The van der Waals surface area contributed by atoms with Crippen LogP contribution in [0.25, 0.3) is 0 Å². The van der Waals surface area contributed by atoms with Crippen molar-refractivity contribution in [3.8, 4) is 0 Å². The first kappa shape index (κ1) is 22.8. The molecule has 0 aromatic heterocycles. The third-order valence-corrected chi connectivity index (χ3v) is 6.00. The maximum atomic E-state index is 13.2. The van der Waals surface area contributed by atoms with Crippen LogP contribution in [0.15, 0.2) is 47.4 Å². The highest BCUT2D eigenvalue weighted by Gasteiger charge is 2.20. The second kappa shape index (κ2) is 9.94. The Morgan fingerprint density at radius 2 is 1.81 bits per heavy atom. The summed E-state index contributed by atoms with van der Waals surface area (Å²) in [6.07, 6.45) is 1.55. The van der Waals surface area contributed by atoms with E-state index in [1.807, 2.05) is 0 Å². The lowest BCUT2D eigenvalue weighted by Crippen LogP contribution is -2.33. The van der Waals surface area contributed by atoms with Crippen molar-refractivity contribution in [3.63, 3.8) is 0 Å². The van der Waals surface area contributed by atoms with Gasteiger partial charge in [-0.05, 0) is 49.2 Å². The minimum Gasteiger partial charge on any atom is -0.377 e. The number of carbonyl (C=O) groups excluding carboxylic acids is 2. The standard InChI is InChI=1S/C20H21F2N3O5S/c21-17-8-5-14(10-18(17)22)25-19(26)12-23-20(27)13-3-6-16(7-4-13)31(28,29)24-11-15-2-1-9-30-15/h3-8,10,15,24H,1-2,9,11-12H2,(H,23,27)(H,25,26)/t15-/m1/s1. The molecular formula is C20H21F2N3O5S. The van der Waals surface area contributed by atoms with Crippen LogP contribution in [0.3, 0.4) is 0 Å². The number of benzene rings is 2. The number of nitrogens with one attached hydrogen (secondary N) is 3. The van der Waals surface area contributed by atoms with E-state index in [2.05, 4.69) is 15.4 Å². The number of ether oxygens (including phenoxy) is 1. The molecule has 31 heavy (non-hydrogen) atoms. The van der Waals surface area contributed by atoms with Crippen LogP contribution in [0.4, 0.5) is 14.5 Å². The third kappa shape index (κ3) is 6.29. The molecule has 2 aromatic carbocycles. The molecule has 2 aromatic rings. The minimum atomic E-state index is -3.74. The van der Waals surface area contributed by atoms with E-state index >= 15 is 0 Å². The van der Waals surface area contributed by atoms with E-state index in [1.165, 1.54) is 30.3 Å². The maximum absolute atomic E-state index is 13.2. The monoisotopic (exact) mass is 453 g/mol. The maximum Gasteiger partial charge on any atom is 0.251 e. The van der Waals surface area contributed by atoms with Gasteiger partial charge in [0.1, 0.15) is 0 Å². The summed E-state index contributed by atoms with van der Waals surface area (Å²) in [7, 11) is -3.74. The molecule has 11 heteroatoms. The molecule has 0 aliphatic carbocycles. The summed E-state index contributed by atoms with van der Waals surface area (Å²) >= 11 is 0. The van der Waals surface area contributed by atoms with Crippen molar-refractivity contribution in [1.29, 1.82) is 0 Å². The predicted octanol–water partition coefficient (Wildman–Crippen LogP) is 1.79. The number of rotatable bonds is 8. The van der Waals surface area contributed by atoms with Gasteiger partial charge in [0.15, 0.2) is 11.6 Å². The SMILES string of the molecule is O=C(CNC(=O)c1ccc(S(=O)(=O)NC[C@H]2CCCO2)cc1)Nc1ccc(F)c(F)c1. The molecule has 1 atom stereocenters. The van der Waals surface area contributed by atoms with Gasteiger partial charge < -0.3 is 15.4 Å². The molecule has 1 aliphatic rings. The van der Waals surface area contributed by atoms with Gasteiger partial charge in [0.05, 0.1) is 17.5 Å². The zero-order chi connectivity index (χ0) is 22.4. The molecule has 1 aliphatic heterocycles. The van der Waals surface area contributed by atoms with Gasteiger partial charge in [-0.15, -0.1) is 0 Å². The molecule has 0 bridgehead atoms. The second-order valence-electron chi connectivity index (χ2n) is 6.87. The average Bonchev–Trinajstić information content (AvgIpc) is 3.27. The van der Waals surface area contributed by atoms with Crippen molar-refractivity contribution in [1.82, 2.24) is 10.0 Å². The van der Waals surface area contributed by atoms with Gasteiger partial charge in [0.25, 0.3) is 5.91 Å². The highest BCUT2D eigenvalue weighted by molar-refractivity contribution is 7.89. The van der Waals surface area contributed by atoms with E-state index in [9.17, 15) is 26.8 Å². The van der Waals surface area contributed by atoms with Crippen molar-refractivity contribution in [2.24, 2.45) is 0 Å². The highest BCUT2D eigenvalue weighted by atomic mass is 32.2. The quantitative estimate of drug-likeness (QED) is 0.564. The number of amides is 2. The first-order valence-electron chi connectivity index (χ1n) is 9.49. The fourth-order valence-corrected chi connectivity index (χ4v) is 3.98. The minimum absolute atomic E-state index is 0.00173. The molecule has 0 saturated carbocycles. The molecule has 0 radical (unpaired) electrons. The van der Waals surface area contributed by atoms with E-state index in [4.69, 9.17) is 4.74 Å². The highest BCUT2D eigenvalue weighted by Crippen LogP contribution is 2.15. The molecular weight excluding hydrogens is 432 g/mol. The number of hydrogen-bond donors (Lipinski definition) is 3. The van der Waals surface area contributed by atoms with Crippen molar-refractivity contribution in [3.05, 3.63) is 59.7 Å². The summed E-state index contributed by atoms with van der Waals surface area (Å²) in [5.74, 6) is -3.39. The van der Waals surface area contributed by atoms with Crippen LogP contribution < -0.4 is 15.4 Å². The van der Waals surface area contributed by atoms with Gasteiger partial charge in [-0.1, -0.05) is 0 Å². The van der Waals surface area contributed by atoms with Crippen LogP contribution in [0, 0.1) is 11.6 Å². The number of anilines is 1. The Morgan fingerprint density at radius 3 is 2.45 bits per heavy atom. The Balaban J connectivity index is 1.51. The molecule has 8 nitrogen and oxygen atoms in total. The number of hydrogen-bond acceptors (Lipinski definition) is 5. The molecule has 0 spiro atoms. The van der Waals surface area contributed by atoms with Crippen molar-refractivity contribution in [2.75, 3.05) is 25.0 Å². The fourth-order valence-electron chi connectivity index (χ4n) is 2.92. The van der Waals surface area contributed by atoms with Gasteiger partial charge >= 0.3 is 0 Å². The molecule has 3 rings (SSSR count). The first-order valence-corrected chi connectivity index (χ1v) is 11.0. The van der Waals surface area contributed by atoms with Crippen molar-refractivity contribution in [2.45, 2.75) is 23.8 Å². The molecule has 1 heterocycles. The van der Waals surface area contributed by atoms with Gasteiger partial charge in [0.2, 0.25) is 15.9 Å². The summed E-state index contributed by atoms with van der Waals surface area (Å²) < 4.78 is 58.6. The fraction of sp³-hybridized carbons (Fsp3) is 0.300. The molecule has 0 unspecified atom stereocenters. The topological polar surface area (TPSA) is 114 Å².